The van der Waals surface area contributed by atoms with Gasteiger partial charge in [-0.15, -0.1) is 0 Å². The van der Waals surface area contributed by atoms with Gasteiger partial charge in [0.15, 0.2) is 4.75 Å². The van der Waals surface area contributed by atoms with Gasteiger partial charge in [0.25, 0.3) is 5.91 Å². The highest BCUT2D eigenvalue weighted by Gasteiger charge is 2.50. The number of primary sulfonamides is 2. The van der Waals surface area contributed by atoms with Crippen molar-refractivity contribution in [2.75, 3.05) is 5.32 Å². The number of anilines is 1. The summed E-state index contributed by atoms with van der Waals surface area (Å²) in [6, 6.07) is 2.19. The Bertz CT molecular complexity index is 1150. The minimum Gasteiger partial charge on any atom is -0.324 e. The normalized spacial score (nSPS) is 23.4. The highest BCUT2D eigenvalue weighted by atomic mass is 32.2. The molecule has 0 aromatic heterocycles. The van der Waals surface area contributed by atoms with E-state index in [9.17, 15) is 21.6 Å². The van der Waals surface area contributed by atoms with E-state index >= 15 is 0 Å². The zero-order valence-electron chi connectivity index (χ0n) is 15.8. The number of allylic oxidation sites excluding steroid dienone is 3. The first-order valence-corrected chi connectivity index (χ1v) is 12.5. The van der Waals surface area contributed by atoms with Crippen molar-refractivity contribution >= 4 is 31.6 Å². The summed E-state index contributed by atoms with van der Waals surface area (Å²) in [6.45, 7) is 0. The molecule has 0 heterocycles. The summed E-state index contributed by atoms with van der Waals surface area (Å²) in [5, 5.41) is 13.4. The highest BCUT2D eigenvalue weighted by Crippen LogP contribution is 2.40. The van der Waals surface area contributed by atoms with Crippen LogP contribution in [0.15, 0.2) is 29.2 Å². The minimum atomic E-state index is -4.49. The molecule has 3 aliphatic rings. The standard InChI is InChI=1S/C19H23N3O5S2/c20-28(24,25)14-6-3-9-19(11-14,29(21,26)27)18(23)22-17-15-7-1-4-12(15)10-13-5-2-8-16(13)17/h3,6,9-10H,1-2,4-5,7-8,11H2,(H,22,23)(H2,20,24,25)(H2,21,26,27). The monoisotopic (exact) mass is 437 g/mol. The van der Waals surface area contributed by atoms with Gasteiger partial charge in [0.1, 0.15) is 0 Å². The molecule has 0 radical (unpaired) electrons. The van der Waals surface area contributed by atoms with Crippen LogP contribution in [0.5, 0.6) is 0 Å². The predicted octanol–water partition coefficient (Wildman–Crippen LogP) is 0.762. The van der Waals surface area contributed by atoms with E-state index in [1.165, 1.54) is 23.3 Å². The van der Waals surface area contributed by atoms with Gasteiger partial charge in [0, 0.05) is 12.1 Å². The van der Waals surface area contributed by atoms with Crippen LogP contribution in [0, 0.1) is 0 Å². The van der Waals surface area contributed by atoms with Crippen molar-refractivity contribution in [3.8, 4) is 0 Å². The topological polar surface area (TPSA) is 149 Å². The van der Waals surface area contributed by atoms with E-state index in [0.29, 0.717) is 5.69 Å². The van der Waals surface area contributed by atoms with Gasteiger partial charge in [-0.3, -0.25) is 4.79 Å². The smallest absolute Gasteiger partial charge is 0.251 e. The Morgan fingerprint density at radius 2 is 1.55 bits per heavy atom. The van der Waals surface area contributed by atoms with Crippen LogP contribution in [0.25, 0.3) is 0 Å². The zero-order valence-corrected chi connectivity index (χ0v) is 17.4. The average Bonchev–Trinajstić information content (AvgIpc) is 3.28. The summed E-state index contributed by atoms with van der Waals surface area (Å²) in [4.78, 5) is 13.0. The average molecular weight is 438 g/mol. The Kier molecular flexibility index (Phi) is 4.73. The summed E-state index contributed by atoms with van der Waals surface area (Å²) in [5.41, 5.74) is 5.08. The van der Waals surface area contributed by atoms with Crippen molar-refractivity contribution < 1.29 is 21.6 Å². The van der Waals surface area contributed by atoms with Gasteiger partial charge in [-0.1, -0.05) is 18.2 Å². The number of benzene rings is 1. The van der Waals surface area contributed by atoms with E-state index in [-0.39, 0.29) is 4.91 Å². The van der Waals surface area contributed by atoms with Crippen LogP contribution in [0.3, 0.4) is 0 Å². The lowest BCUT2D eigenvalue weighted by molar-refractivity contribution is -0.117. The lowest BCUT2D eigenvalue weighted by Crippen LogP contribution is -2.53. The fourth-order valence-corrected chi connectivity index (χ4v) is 6.27. The van der Waals surface area contributed by atoms with Gasteiger partial charge in [-0.05, 0) is 66.9 Å². The van der Waals surface area contributed by atoms with E-state index in [2.05, 4.69) is 11.4 Å². The summed E-state index contributed by atoms with van der Waals surface area (Å²) in [6.07, 6.45) is 8.28. The summed E-state index contributed by atoms with van der Waals surface area (Å²) in [5.74, 6) is -0.861. The van der Waals surface area contributed by atoms with E-state index in [0.717, 1.165) is 55.7 Å². The molecule has 4 rings (SSSR count). The van der Waals surface area contributed by atoms with Crippen LogP contribution in [0.4, 0.5) is 5.69 Å². The zero-order chi connectivity index (χ0) is 21.0. The second-order valence-corrected chi connectivity index (χ2v) is 11.3. The van der Waals surface area contributed by atoms with Crippen molar-refractivity contribution in [1.29, 1.82) is 0 Å². The third kappa shape index (κ3) is 3.33. The van der Waals surface area contributed by atoms with Crippen LogP contribution in [-0.4, -0.2) is 27.5 Å². The van der Waals surface area contributed by atoms with Crippen molar-refractivity contribution in [3.05, 3.63) is 51.5 Å². The molecule has 1 aromatic rings. The lowest BCUT2D eigenvalue weighted by Gasteiger charge is -2.30. The molecular weight excluding hydrogens is 414 g/mol. The number of carbonyl (C=O) groups is 1. The number of aryl methyl sites for hydroxylation is 2. The number of carbonyl (C=O) groups excluding carboxylic acids is 1. The molecule has 1 atom stereocenters. The van der Waals surface area contributed by atoms with Crippen LogP contribution in [0.1, 0.15) is 41.5 Å². The number of sulfonamides is 2. The first-order chi connectivity index (χ1) is 13.5. The lowest BCUT2D eigenvalue weighted by atomic mass is 9.95. The van der Waals surface area contributed by atoms with Crippen molar-refractivity contribution in [3.63, 3.8) is 0 Å². The Hall–Kier alpha value is -2.01. The quantitative estimate of drug-likeness (QED) is 0.636. The van der Waals surface area contributed by atoms with Gasteiger partial charge >= 0.3 is 0 Å². The first kappa shape index (κ1) is 20.3. The maximum Gasteiger partial charge on any atom is 0.251 e. The molecule has 29 heavy (non-hydrogen) atoms. The molecule has 0 bridgehead atoms. The molecule has 5 N–H and O–H groups in total. The van der Waals surface area contributed by atoms with Gasteiger partial charge in [0.2, 0.25) is 20.0 Å². The molecule has 156 valence electrons. The second kappa shape index (κ2) is 6.76. The van der Waals surface area contributed by atoms with Gasteiger partial charge in [-0.25, -0.2) is 27.1 Å². The first-order valence-electron chi connectivity index (χ1n) is 9.44. The molecule has 1 unspecified atom stereocenters. The fraction of sp³-hybridized carbons (Fsp3) is 0.421. The largest absolute Gasteiger partial charge is 0.324 e. The fourth-order valence-electron chi connectivity index (χ4n) is 4.55. The van der Waals surface area contributed by atoms with E-state index in [1.54, 1.807) is 0 Å². The molecule has 8 nitrogen and oxygen atoms in total. The van der Waals surface area contributed by atoms with Crippen molar-refractivity contribution in [1.82, 2.24) is 0 Å². The third-order valence-corrected chi connectivity index (χ3v) is 8.55. The Labute approximate surface area is 170 Å². The van der Waals surface area contributed by atoms with Gasteiger partial charge in [0.05, 0.1) is 4.91 Å². The Balaban J connectivity index is 1.78. The number of hydrogen-bond donors (Lipinski definition) is 3. The predicted molar refractivity (Wildman–Crippen MR) is 110 cm³/mol. The van der Waals surface area contributed by atoms with E-state index < -0.39 is 37.1 Å². The molecule has 0 spiro atoms. The number of hydrogen-bond acceptors (Lipinski definition) is 5. The molecule has 3 aliphatic carbocycles. The molecule has 10 heteroatoms. The summed E-state index contributed by atoms with van der Waals surface area (Å²) in [7, 11) is -8.66. The van der Waals surface area contributed by atoms with Crippen LogP contribution in [0.2, 0.25) is 0 Å². The number of fused-ring (bicyclic) bond motifs is 2. The number of rotatable bonds is 4. The molecular formula is C19H23N3O5S2. The highest BCUT2D eigenvalue weighted by molar-refractivity contribution is 7.93. The number of amides is 1. The minimum absolute atomic E-state index is 0.354. The van der Waals surface area contributed by atoms with E-state index in [4.69, 9.17) is 10.3 Å². The van der Waals surface area contributed by atoms with E-state index in [1.807, 2.05) is 0 Å². The Morgan fingerprint density at radius 3 is 2.07 bits per heavy atom. The van der Waals surface area contributed by atoms with Gasteiger partial charge < -0.3 is 5.32 Å². The SMILES string of the molecule is NS(=O)(=O)C1=CC=CC(C(=O)Nc2c3c(cc4c2CCC4)CCC3)(S(N)(=O)=O)C1. The molecule has 0 saturated heterocycles. The number of nitrogens with one attached hydrogen (secondary N) is 1. The summed E-state index contributed by atoms with van der Waals surface area (Å²) >= 11 is 0. The molecule has 0 aliphatic heterocycles. The third-order valence-electron chi connectivity index (χ3n) is 6.05. The molecule has 0 fully saturated rings. The van der Waals surface area contributed by atoms with Crippen LogP contribution >= 0.6 is 0 Å². The number of nitrogens with two attached hydrogens (primary N) is 2. The van der Waals surface area contributed by atoms with Crippen molar-refractivity contribution in [2.24, 2.45) is 10.3 Å². The van der Waals surface area contributed by atoms with Gasteiger partial charge in [-0.2, -0.15) is 0 Å². The molecule has 1 amide bonds. The maximum absolute atomic E-state index is 13.3. The summed E-state index contributed by atoms with van der Waals surface area (Å²) < 4.78 is 46.3. The molecule has 0 saturated carbocycles. The Morgan fingerprint density at radius 1 is 0.966 bits per heavy atom. The van der Waals surface area contributed by atoms with Crippen molar-refractivity contribution in [2.45, 2.75) is 49.7 Å². The van der Waals surface area contributed by atoms with Crippen LogP contribution in [-0.2, 0) is 50.5 Å². The van der Waals surface area contributed by atoms with Crippen LogP contribution < -0.4 is 15.6 Å². The molecule has 1 aromatic carbocycles. The maximum atomic E-state index is 13.3. The second-order valence-electron chi connectivity index (χ2n) is 7.84.